The van der Waals surface area contributed by atoms with Gasteiger partial charge in [-0.2, -0.15) is 0 Å². The van der Waals surface area contributed by atoms with Crippen molar-refractivity contribution in [1.82, 2.24) is 10.2 Å². The molecule has 2 aliphatic rings. The number of nitrogens with one attached hydrogen (secondary N) is 1. The van der Waals surface area contributed by atoms with Crippen molar-refractivity contribution in [2.45, 2.75) is 51.5 Å². The van der Waals surface area contributed by atoms with Crippen LogP contribution >= 0.6 is 11.6 Å². The Hall–Kier alpha value is -1.55. The predicted molar refractivity (Wildman–Crippen MR) is 99.2 cm³/mol. The highest BCUT2D eigenvalue weighted by Crippen LogP contribution is 2.27. The molecule has 1 saturated heterocycles. The Labute approximate surface area is 154 Å². The maximum absolute atomic E-state index is 12.5. The lowest BCUT2D eigenvalue weighted by molar-refractivity contribution is -0.139. The summed E-state index contributed by atoms with van der Waals surface area (Å²) in [5.74, 6) is 0.744. The summed E-state index contributed by atoms with van der Waals surface area (Å²) < 4.78 is 0. The minimum atomic E-state index is -0.108. The highest BCUT2D eigenvalue weighted by molar-refractivity contribution is 6.31. The molecule has 1 heterocycles. The summed E-state index contributed by atoms with van der Waals surface area (Å²) in [6.07, 6.45) is 7.42. The smallest absolute Gasteiger partial charge is 0.225 e. The van der Waals surface area contributed by atoms with Gasteiger partial charge in [-0.25, -0.2) is 0 Å². The number of hydrogen-bond acceptors (Lipinski definition) is 2. The molecule has 1 aliphatic carbocycles. The van der Waals surface area contributed by atoms with E-state index in [4.69, 9.17) is 11.6 Å². The lowest BCUT2D eigenvalue weighted by Crippen LogP contribution is -2.47. The van der Waals surface area contributed by atoms with E-state index in [0.717, 1.165) is 12.1 Å². The van der Waals surface area contributed by atoms with Crippen LogP contribution in [0.1, 0.15) is 50.5 Å². The van der Waals surface area contributed by atoms with Gasteiger partial charge in [-0.15, -0.1) is 0 Å². The van der Waals surface area contributed by atoms with Crippen LogP contribution < -0.4 is 5.32 Å². The number of hydrogen-bond donors (Lipinski definition) is 1. The van der Waals surface area contributed by atoms with E-state index in [9.17, 15) is 9.59 Å². The maximum atomic E-state index is 12.5. The van der Waals surface area contributed by atoms with E-state index in [-0.39, 0.29) is 17.7 Å². The molecule has 0 radical (unpaired) electrons. The fourth-order valence-electron chi connectivity index (χ4n) is 3.96. The molecule has 1 aliphatic heterocycles. The zero-order chi connectivity index (χ0) is 17.6. The average Bonchev–Trinajstić information content (AvgIpc) is 2.63. The number of nitrogens with zero attached hydrogens (tertiary/aromatic N) is 1. The number of carbonyl (C=O) groups excluding carboxylic acids is 2. The Balaban J connectivity index is 1.52. The van der Waals surface area contributed by atoms with Gasteiger partial charge in [-0.05, 0) is 36.8 Å². The van der Waals surface area contributed by atoms with Crippen molar-refractivity contribution in [2.75, 3.05) is 13.1 Å². The third kappa shape index (κ3) is 4.97. The number of benzene rings is 1. The normalized spacial score (nSPS) is 22.0. The van der Waals surface area contributed by atoms with Crippen LogP contribution in [0.5, 0.6) is 0 Å². The van der Waals surface area contributed by atoms with Gasteiger partial charge in [-0.1, -0.05) is 49.1 Å². The molecule has 1 saturated carbocycles. The van der Waals surface area contributed by atoms with E-state index in [2.05, 4.69) is 5.32 Å². The quantitative estimate of drug-likeness (QED) is 0.866. The van der Waals surface area contributed by atoms with E-state index in [1.54, 1.807) is 0 Å². The first kappa shape index (κ1) is 18.2. The minimum Gasteiger partial charge on any atom is -0.352 e. The Morgan fingerprint density at radius 2 is 1.92 bits per heavy atom. The molecule has 5 heteroatoms. The summed E-state index contributed by atoms with van der Waals surface area (Å²) in [6.45, 7) is 1.82. The number of amides is 2. The number of rotatable bonds is 5. The maximum Gasteiger partial charge on any atom is 0.225 e. The van der Waals surface area contributed by atoms with Crippen molar-refractivity contribution in [2.24, 2.45) is 11.8 Å². The van der Waals surface area contributed by atoms with Gasteiger partial charge in [-0.3, -0.25) is 9.59 Å². The third-order valence-corrected chi connectivity index (χ3v) is 5.85. The van der Waals surface area contributed by atoms with Crippen molar-refractivity contribution in [3.8, 4) is 0 Å². The summed E-state index contributed by atoms with van der Waals surface area (Å²) in [5, 5.41) is 3.65. The van der Waals surface area contributed by atoms with Crippen molar-refractivity contribution >= 4 is 23.4 Å². The minimum absolute atomic E-state index is 0.0288. The Morgan fingerprint density at radius 1 is 1.16 bits per heavy atom. The van der Waals surface area contributed by atoms with E-state index in [0.29, 0.717) is 36.9 Å². The molecule has 2 amide bonds. The van der Waals surface area contributed by atoms with Gasteiger partial charge in [0.1, 0.15) is 0 Å². The first-order valence-electron chi connectivity index (χ1n) is 9.42. The Kier molecular flexibility index (Phi) is 6.35. The summed E-state index contributed by atoms with van der Waals surface area (Å²) in [4.78, 5) is 26.7. The molecule has 1 aromatic rings. The van der Waals surface area contributed by atoms with Gasteiger partial charge in [0.05, 0.1) is 5.92 Å². The fourth-order valence-corrected chi connectivity index (χ4v) is 4.16. The molecule has 136 valence electrons. The van der Waals surface area contributed by atoms with Crippen molar-refractivity contribution in [3.63, 3.8) is 0 Å². The molecule has 2 fully saturated rings. The third-order valence-electron chi connectivity index (χ3n) is 5.49. The highest BCUT2D eigenvalue weighted by Gasteiger charge is 2.31. The van der Waals surface area contributed by atoms with Gasteiger partial charge in [0.25, 0.3) is 0 Å². The second-order valence-electron chi connectivity index (χ2n) is 7.35. The van der Waals surface area contributed by atoms with Gasteiger partial charge < -0.3 is 10.2 Å². The largest absolute Gasteiger partial charge is 0.352 e. The Bertz CT molecular complexity index is 613. The van der Waals surface area contributed by atoms with Crippen molar-refractivity contribution in [1.29, 1.82) is 0 Å². The molecule has 1 atom stereocenters. The SMILES string of the molecule is O=C(NCc1ccccc1Cl)[C@@H]1CCC(=O)N(CC2CCCCC2)C1. The number of halogens is 1. The summed E-state index contributed by atoms with van der Waals surface area (Å²) in [7, 11) is 0. The zero-order valence-corrected chi connectivity index (χ0v) is 15.4. The molecular weight excluding hydrogens is 336 g/mol. The summed E-state index contributed by atoms with van der Waals surface area (Å²) in [5.41, 5.74) is 0.920. The van der Waals surface area contributed by atoms with Crippen LogP contribution in [-0.2, 0) is 16.1 Å². The van der Waals surface area contributed by atoms with Crippen LogP contribution in [0, 0.1) is 11.8 Å². The topological polar surface area (TPSA) is 49.4 Å². The van der Waals surface area contributed by atoms with E-state index < -0.39 is 0 Å². The molecule has 1 N–H and O–H groups in total. The van der Waals surface area contributed by atoms with Gasteiger partial charge in [0.2, 0.25) is 11.8 Å². The number of piperidine rings is 1. The molecule has 0 aromatic heterocycles. The number of carbonyl (C=O) groups is 2. The monoisotopic (exact) mass is 362 g/mol. The number of likely N-dealkylation sites (tertiary alicyclic amines) is 1. The zero-order valence-electron chi connectivity index (χ0n) is 14.7. The van der Waals surface area contributed by atoms with Crippen LogP contribution in [0.15, 0.2) is 24.3 Å². The molecule has 3 rings (SSSR count). The van der Waals surface area contributed by atoms with Gasteiger partial charge >= 0.3 is 0 Å². The van der Waals surface area contributed by atoms with Gasteiger partial charge in [0, 0.05) is 31.1 Å². The Morgan fingerprint density at radius 3 is 2.68 bits per heavy atom. The first-order chi connectivity index (χ1) is 12.1. The molecular formula is C20H27ClN2O2. The van der Waals surface area contributed by atoms with Crippen LogP contribution in [0.4, 0.5) is 0 Å². The van der Waals surface area contributed by atoms with E-state index in [1.807, 2.05) is 29.2 Å². The predicted octanol–water partition coefficient (Wildman–Crippen LogP) is 3.78. The fraction of sp³-hybridized carbons (Fsp3) is 0.600. The summed E-state index contributed by atoms with van der Waals surface area (Å²) in [6, 6.07) is 7.54. The average molecular weight is 363 g/mol. The standard InChI is InChI=1S/C20H27ClN2O2/c21-18-9-5-4-8-16(18)12-22-20(25)17-10-11-19(24)23(14-17)13-15-6-2-1-3-7-15/h4-5,8-9,15,17H,1-3,6-7,10-14H2,(H,22,25)/t17-/m1/s1. The van der Waals surface area contributed by atoms with E-state index in [1.165, 1.54) is 32.1 Å². The highest BCUT2D eigenvalue weighted by atomic mass is 35.5. The summed E-state index contributed by atoms with van der Waals surface area (Å²) >= 11 is 6.14. The van der Waals surface area contributed by atoms with Crippen LogP contribution in [0.2, 0.25) is 5.02 Å². The van der Waals surface area contributed by atoms with Crippen molar-refractivity contribution in [3.05, 3.63) is 34.9 Å². The van der Waals surface area contributed by atoms with Crippen LogP contribution in [0.25, 0.3) is 0 Å². The van der Waals surface area contributed by atoms with Gasteiger partial charge in [0.15, 0.2) is 0 Å². The molecule has 25 heavy (non-hydrogen) atoms. The van der Waals surface area contributed by atoms with Crippen molar-refractivity contribution < 1.29 is 9.59 Å². The molecule has 0 unspecified atom stereocenters. The first-order valence-corrected chi connectivity index (χ1v) is 9.80. The second kappa shape index (κ2) is 8.70. The van der Waals surface area contributed by atoms with Crippen LogP contribution in [0.3, 0.4) is 0 Å². The molecule has 0 bridgehead atoms. The lowest BCUT2D eigenvalue weighted by atomic mass is 9.87. The molecule has 0 spiro atoms. The van der Waals surface area contributed by atoms with Crippen LogP contribution in [-0.4, -0.2) is 29.8 Å². The molecule has 1 aromatic carbocycles. The van der Waals surface area contributed by atoms with E-state index >= 15 is 0 Å². The molecule has 4 nitrogen and oxygen atoms in total. The second-order valence-corrected chi connectivity index (χ2v) is 7.75. The lowest BCUT2D eigenvalue weighted by Gasteiger charge is -2.35.